The van der Waals surface area contributed by atoms with Gasteiger partial charge in [-0.3, -0.25) is 0 Å². The molecule has 0 radical (unpaired) electrons. The Kier molecular flexibility index (Phi) is 5.56. The molecule has 4 rings (SSSR count). The fourth-order valence-corrected chi connectivity index (χ4v) is 3.89. The van der Waals surface area contributed by atoms with Crippen LogP contribution in [0.25, 0.3) is 10.8 Å². The fraction of sp³-hybridized carbons (Fsp3) is 0.182. The van der Waals surface area contributed by atoms with Crippen molar-refractivity contribution in [1.29, 1.82) is 0 Å². The first-order valence-electron chi connectivity index (χ1n) is 9.09. The number of rotatable bonds is 5. The number of nitrogens with one attached hydrogen (secondary N) is 1. The quantitative estimate of drug-likeness (QED) is 0.656. The van der Waals surface area contributed by atoms with Crippen molar-refractivity contribution in [2.75, 3.05) is 26.4 Å². The number of fused-ring (bicyclic) bond motifs is 2. The van der Waals surface area contributed by atoms with Gasteiger partial charge in [0.2, 0.25) is 10.0 Å². The summed E-state index contributed by atoms with van der Waals surface area (Å²) in [6, 6.07) is 18.3. The molecule has 3 aromatic rings. The number of benzene rings is 3. The molecule has 7 heteroatoms. The van der Waals surface area contributed by atoms with Crippen molar-refractivity contribution in [1.82, 2.24) is 4.72 Å². The van der Waals surface area contributed by atoms with Crippen LogP contribution in [0.4, 0.5) is 0 Å². The van der Waals surface area contributed by atoms with Gasteiger partial charge >= 0.3 is 0 Å². The normalized spacial score (nSPS) is 12.8. The number of hydrogen-bond acceptors (Lipinski definition) is 5. The molecule has 0 saturated carbocycles. The maximum absolute atomic E-state index is 12.4. The summed E-state index contributed by atoms with van der Waals surface area (Å²) in [6.45, 7) is 0.995. The number of hydrogen-bond donors (Lipinski definition) is 1. The molecule has 3 aromatic carbocycles. The van der Waals surface area contributed by atoms with Gasteiger partial charge in [0, 0.05) is 11.5 Å². The summed E-state index contributed by atoms with van der Waals surface area (Å²) in [5.74, 6) is 7.31. The summed E-state index contributed by atoms with van der Waals surface area (Å²) in [4.78, 5) is 0.107. The highest BCUT2D eigenvalue weighted by molar-refractivity contribution is 7.89. The highest BCUT2D eigenvalue weighted by Gasteiger charge is 2.18. The second kappa shape index (κ2) is 8.43. The SMILES string of the molecule is O=S(=O)(NCC#CCOc1cccc2ccccc12)c1ccc2c(c1)OCCO2. The van der Waals surface area contributed by atoms with Gasteiger partial charge in [0.15, 0.2) is 11.5 Å². The first kappa shape index (κ1) is 19.1. The topological polar surface area (TPSA) is 73.9 Å². The van der Waals surface area contributed by atoms with Crippen LogP contribution in [0.15, 0.2) is 65.6 Å². The van der Waals surface area contributed by atoms with E-state index in [0.717, 1.165) is 16.5 Å². The monoisotopic (exact) mass is 409 g/mol. The van der Waals surface area contributed by atoms with Crippen molar-refractivity contribution in [3.63, 3.8) is 0 Å². The molecule has 0 spiro atoms. The van der Waals surface area contributed by atoms with Crippen molar-refractivity contribution in [2.24, 2.45) is 0 Å². The summed E-state index contributed by atoms with van der Waals surface area (Å²) in [6.07, 6.45) is 0. The highest BCUT2D eigenvalue weighted by Crippen LogP contribution is 2.32. The van der Waals surface area contributed by atoms with Crippen LogP contribution in [0.5, 0.6) is 17.2 Å². The van der Waals surface area contributed by atoms with E-state index in [-0.39, 0.29) is 18.0 Å². The minimum Gasteiger partial charge on any atom is -0.486 e. The van der Waals surface area contributed by atoms with Crippen molar-refractivity contribution in [2.45, 2.75) is 4.90 Å². The largest absolute Gasteiger partial charge is 0.486 e. The summed E-state index contributed by atoms with van der Waals surface area (Å²) < 4.78 is 43.8. The Morgan fingerprint density at radius 2 is 1.72 bits per heavy atom. The van der Waals surface area contributed by atoms with Gasteiger partial charge in [-0.1, -0.05) is 48.2 Å². The van der Waals surface area contributed by atoms with Gasteiger partial charge in [0.05, 0.1) is 11.4 Å². The van der Waals surface area contributed by atoms with E-state index >= 15 is 0 Å². The number of ether oxygens (including phenoxy) is 3. The van der Waals surface area contributed by atoms with E-state index in [1.165, 1.54) is 12.1 Å². The molecule has 0 aliphatic carbocycles. The Balaban J connectivity index is 1.34. The molecule has 0 saturated heterocycles. The smallest absolute Gasteiger partial charge is 0.241 e. The Bertz CT molecular complexity index is 1190. The summed E-state index contributed by atoms with van der Waals surface area (Å²) in [5.41, 5.74) is 0. The van der Waals surface area contributed by atoms with Gasteiger partial charge in [-0.25, -0.2) is 8.42 Å². The third-order valence-corrected chi connectivity index (χ3v) is 5.75. The van der Waals surface area contributed by atoms with Crippen molar-refractivity contribution in [3.8, 4) is 29.1 Å². The van der Waals surface area contributed by atoms with Gasteiger partial charge in [-0.15, -0.1) is 0 Å². The summed E-state index contributed by atoms with van der Waals surface area (Å²) in [7, 11) is -3.69. The molecular weight excluding hydrogens is 390 g/mol. The lowest BCUT2D eigenvalue weighted by atomic mass is 10.1. The Morgan fingerprint density at radius 1 is 0.931 bits per heavy atom. The van der Waals surface area contributed by atoms with Crippen LogP contribution in [0, 0.1) is 11.8 Å². The van der Waals surface area contributed by atoms with Crippen LogP contribution in [0.2, 0.25) is 0 Å². The lowest BCUT2D eigenvalue weighted by Crippen LogP contribution is -2.24. The molecule has 1 N–H and O–H groups in total. The maximum Gasteiger partial charge on any atom is 0.241 e. The van der Waals surface area contributed by atoms with E-state index in [9.17, 15) is 8.42 Å². The van der Waals surface area contributed by atoms with Crippen LogP contribution in [-0.2, 0) is 10.0 Å². The van der Waals surface area contributed by atoms with Crippen LogP contribution in [0.1, 0.15) is 0 Å². The summed E-state index contributed by atoms with van der Waals surface area (Å²) >= 11 is 0. The third kappa shape index (κ3) is 4.45. The average Bonchev–Trinajstić information content (AvgIpc) is 2.76. The predicted molar refractivity (Wildman–Crippen MR) is 110 cm³/mol. The lowest BCUT2D eigenvalue weighted by Gasteiger charge is -2.18. The Hall–Kier alpha value is -3.21. The molecule has 0 amide bonds. The third-order valence-electron chi connectivity index (χ3n) is 4.35. The second-order valence-electron chi connectivity index (χ2n) is 6.25. The molecule has 0 fully saturated rings. The molecule has 148 valence electrons. The van der Waals surface area contributed by atoms with Crippen LogP contribution in [-0.4, -0.2) is 34.8 Å². The van der Waals surface area contributed by atoms with Crippen molar-refractivity contribution < 1.29 is 22.6 Å². The molecule has 1 heterocycles. The molecule has 1 aliphatic heterocycles. The van der Waals surface area contributed by atoms with Crippen molar-refractivity contribution in [3.05, 3.63) is 60.7 Å². The molecule has 0 bridgehead atoms. The Labute approximate surface area is 169 Å². The highest BCUT2D eigenvalue weighted by atomic mass is 32.2. The summed E-state index contributed by atoms with van der Waals surface area (Å²) in [5, 5.41) is 2.10. The molecule has 0 atom stereocenters. The van der Waals surface area contributed by atoms with E-state index in [0.29, 0.717) is 24.7 Å². The zero-order valence-corrected chi connectivity index (χ0v) is 16.4. The molecule has 0 unspecified atom stereocenters. The fourth-order valence-electron chi connectivity index (χ4n) is 2.95. The average molecular weight is 409 g/mol. The zero-order chi connectivity index (χ0) is 20.1. The van der Waals surface area contributed by atoms with Gasteiger partial charge in [-0.05, 0) is 23.6 Å². The van der Waals surface area contributed by atoms with E-state index in [1.54, 1.807) is 6.07 Å². The van der Waals surface area contributed by atoms with E-state index in [2.05, 4.69) is 16.6 Å². The van der Waals surface area contributed by atoms with Crippen LogP contribution >= 0.6 is 0 Å². The van der Waals surface area contributed by atoms with E-state index in [1.807, 2.05) is 42.5 Å². The van der Waals surface area contributed by atoms with Crippen LogP contribution in [0.3, 0.4) is 0 Å². The van der Waals surface area contributed by atoms with Gasteiger partial charge in [0.1, 0.15) is 25.6 Å². The van der Waals surface area contributed by atoms with E-state index < -0.39 is 10.0 Å². The zero-order valence-electron chi connectivity index (χ0n) is 15.6. The van der Waals surface area contributed by atoms with Crippen LogP contribution < -0.4 is 18.9 Å². The minimum absolute atomic E-state index is 0.0182. The maximum atomic E-state index is 12.4. The van der Waals surface area contributed by atoms with Gasteiger partial charge in [0.25, 0.3) is 0 Å². The van der Waals surface area contributed by atoms with Gasteiger partial charge in [-0.2, -0.15) is 4.72 Å². The first-order chi connectivity index (χ1) is 14.1. The predicted octanol–water partition coefficient (Wildman–Crippen LogP) is 2.97. The standard InChI is InChI=1S/C22H19NO5S/c24-29(25,18-10-11-21-22(16-18)28-15-14-27-21)23-12-3-4-13-26-20-9-5-7-17-6-1-2-8-19(17)20/h1-2,5-11,16,23H,12-15H2. The Morgan fingerprint density at radius 3 is 2.62 bits per heavy atom. The minimum atomic E-state index is -3.69. The van der Waals surface area contributed by atoms with Crippen molar-refractivity contribution >= 4 is 20.8 Å². The van der Waals surface area contributed by atoms with E-state index in [4.69, 9.17) is 14.2 Å². The molecular formula is C22H19NO5S. The lowest BCUT2D eigenvalue weighted by molar-refractivity contribution is 0.171. The number of sulfonamides is 1. The second-order valence-corrected chi connectivity index (χ2v) is 8.02. The molecule has 1 aliphatic rings. The molecule has 0 aromatic heterocycles. The van der Waals surface area contributed by atoms with Gasteiger partial charge < -0.3 is 14.2 Å². The molecule has 6 nitrogen and oxygen atoms in total. The molecule has 29 heavy (non-hydrogen) atoms. The first-order valence-corrected chi connectivity index (χ1v) is 10.6.